The van der Waals surface area contributed by atoms with Crippen LogP contribution in [-0.2, 0) is 11.2 Å². The fourth-order valence-electron chi connectivity index (χ4n) is 3.50. The molecule has 1 atom stereocenters. The van der Waals surface area contributed by atoms with Gasteiger partial charge in [-0.15, -0.1) is 10.2 Å². The topological polar surface area (TPSA) is 59.8 Å². The molecule has 1 aromatic heterocycles. The first-order valence-electron chi connectivity index (χ1n) is 8.96. The van der Waals surface area contributed by atoms with E-state index in [1.165, 1.54) is 31.2 Å². The third kappa shape index (κ3) is 4.22. The number of hydrogen-bond donors (Lipinski definition) is 1. The van der Waals surface area contributed by atoms with Gasteiger partial charge >= 0.3 is 0 Å². The standard InChI is InChI=1S/C19H26N4O/c1-15(19-22-20-14-23(19)17-11-5-6-12-17)21-18(24)13-7-10-16-8-3-2-4-9-16/h2-4,8-9,14-15,17H,5-7,10-13H2,1H3,(H,21,24). The Bertz CT molecular complexity index is 646. The monoisotopic (exact) mass is 326 g/mol. The molecule has 1 fully saturated rings. The summed E-state index contributed by atoms with van der Waals surface area (Å²) in [7, 11) is 0. The van der Waals surface area contributed by atoms with Crippen LogP contribution >= 0.6 is 0 Å². The van der Waals surface area contributed by atoms with Crippen LogP contribution in [0.5, 0.6) is 0 Å². The first-order valence-corrected chi connectivity index (χ1v) is 8.96. The Labute approximate surface area is 143 Å². The zero-order chi connectivity index (χ0) is 16.8. The fourth-order valence-corrected chi connectivity index (χ4v) is 3.50. The van der Waals surface area contributed by atoms with Crippen LogP contribution in [0, 0.1) is 0 Å². The summed E-state index contributed by atoms with van der Waals surface area (Å²) in [6.07, 6.45) is 9.04. The van der Waals surface area contributed by atoms with Gasteiger partial charge < -0.3 is 9.88 Å². The van der Waals surface area contributed by atoms with Gasteiger partial charge in [0, 0.05) is 12.5 Å². The number of nitrogens with one attached hydrogen (secondary N) is 1. The van der Waals surface area contributed by atoms with Crippen LogP contribution in [0.4, 0.5) is 0 Å². The van der Waals surface area contributed by atoms with Gasteiger partial charge in [0.1, 0.15) is 6.33 Å². The Kier molecular flexibility index (Phi) is 5.62. The molecule has 1 aliphatic carbocycles. The Balaban J connectivity index is 1.48. The van der Waals surface area contributed by atoms with E-state index < -0.39 is 0 Å². The van der Waals surface area contributed by atoms with E-state index in [0.717, 1.165) is 18.7 Å². The quantitative estimate of drug-likeness (QED) is 0.846. The van der Waals surface area contributed by atoms with Crippen molar-refractivity contribution in [3.05, 3.63) is 48.0 Å². The predicted molar refractivity (Wildman–Crippen MR) is 93.5 cm³/mol. The maximum Gasteiger partial charge on any atom is 0.220 e. The third-order valence-corrected chi connectivity index (χ3v) is 4.80. The van der Waals surface area contributed by atoms with E-state index in [4.69, 9.17) is 0 Å². The molecule has 5 nitrogen and oxygen atoms in total. The lowest BCUT2D eigenvalue weighted by Gasteiger charge is -2.18. The summed E-state index contributed by atoms with van der Waals surface area (Å²) in [4.78, 5) is 12.2. The summed E-state index contributed by atoms with van der Waals surface area (Å²) in [5.74, 6) is 0.956. The van der Waals surface area contributed by atoms with Crippen molar-refractivity contribution in [3.8, 4) is 0 Å². The highest BCUT2D eigenvalue weighted by Gasteiger charge is 2.23. The van der Waals surface area contributed by atoms with Crippen LogP contribution in [0.1, 0.15) is 68.9 Å². The average Bonchev–Trinajstić information content (AvgIpc) is 3.27. The summed E-state index contributed by atoms with van der Waals surface area (Å²) in [6, 6.07) is 10.7. The molecular formula is C19H26N4O. The molecule has 1 heterocycles. The number of nitrogens with zero attached hydrogens (tertiary/aromatic N) is 3. The molecule has 24 heavy (non-hydrogen) atoms. The summed E-state index contributed by atoms with van der Waals surface area (Å²) < 4.78 is 2.15. The van der Waals surface area contributed by atoms with E-state index in [0.29, 0.717) is 12.5 Å². The van der Waals surface area contributed by atoms with E-state index in [2.05, 4.69) is 32.2 Å². The van der Waals surface area contributed by atoms with Crippen molar-refractivity contribution < 1.29 is 4.79 Å². The first kappa shape index (κ1) is 16.7. The normalized spacial score (nSPS) is 16.2. The van der Waals surface area contributed by atoms with E-state index in [9.17, 15) is 4.79 Å². The highest BCUT2D eigenvalue weighted by Crippen LogP contribution is 2.31. The second-order valence-electron chi connectivity index (χ2n) is 6.66. The Morgan fingerprint density at radius 2 is 2.04 bits per heavy atom. The summed E-state index contributed by atoms with van der Waals surface area (Å²) in [6.45, 7) is 1.99. The molecule has 1 aromatic carbocycles. The minimum absolute atomic E-state index is 0.0828. The number of hydrogen-bond acceptors (Lipinski definition) is 3. The van der Waals surface area contributed by atoms with Crippen LogP contribution in [0.2, 0.25) is 0 Å². The molecule has 1 amide bonds. The van der Waals surface area contributed by atoms with Gasteiger partial charge in [0.25, 0.3) is 0 Å². The number of amides is 1. The van der Waals surface area contributed by atoms with Crippen molar-refractivity contribution in [2.24, 2.45) is 0 Å². The van der Waals surface area contributed by atoms with Gasteiger partial charge in [-0.25, -0.2) is 0 Å². The van der Waals surface area contributed by atoms with Crippen molar-refractivity contribution in [3.63, 3.8) is 0 Å². The van der Waals surface area contributed by atoms with Gasteiger partial charge in [-0.05, 0) is 38.2 Å². The largest absolute Gasteiger partial charge is 0.346 e. The maximum absolute atomic E-state index is 12.2. The fraction of sp³-hybridized carbons (Fsp3) is 0.526. The highest BCUT2D eigenvalue weighted by atomic mass is 16.1. The third-order valence-electron chi connectivity index (χ3n) is 4.80. The van der Waals surface area contributed by atoms with Gasteiger partial charge in [-0.1, -0.05) is 43.2 Å². The zero-order valence-corrected chi connectivity index (χ0v) is 14.3. The van der Waals surface area contributed by atoms with E-state index in [1.807, 2.05) is 31.5 Å². The smallest absolute Gasteiger partial charge is 0.220 e. The highest BCUT2D eigenvalue weighted by molar-refractivity contribution is 5.76. The Morgan fingerprint density at radius 3 is 2.79 bits per heavy atom. The molecule has 5 heteroatoms. The van der Waals surface area contributed by atoms with Crippen LogP contribution in [-0.4, -0.2) is 20.7 Å². The SMILES string of the molecule is CC(NC(=O)CCCc1ccccc1)c1nncn1C1CCCC1. The van der Waals surface area contributed by atoms with Crippen LogP contribution < -0.4 is 5.32 Å². The molecule has 1 aliphatic rings. The molecule has 128 valence electrons. The maximum atomic E-state index is 12.2. The van der Waals surface area contributed by atoms with Crippen molar-refractivity contribution in [1.29, 1.82) is 0 Å². The van der Waals surface area contributed by atoms with Crippen LogP contribution in [0.25, 0.3) is 0 Å². The summed E-state index contributed by atoms with van der Waals surface area (Å²) in [5, 5.41) is 11.4. The number of rotatable bonds is 7. The lowest BCUT2D eigenvalue weighted by molar-refractivity contribution is -0.121. The van der Waals surface area contributed by atoms with Gasteiger partial charge in [0.15, 0.2) is 5.82 Å². The number of carbonyl (C=O) groups excluding carboxylic acids is 1. The number of carbonyl (C=O) groups is 1. The van der Waals surface area contributed by atoms with E-state index >= 15 is 0 Å². The van der Waals surface area contributed by atoms with Crippen LogP contribution in [0.3, 0.4) is 0 Å². The average molecular weight is 326 g/mol. The molecule has 2 aromatic rings. The molecule has 0 saturated heterocycles. The molecule has 0 radical (unpaired) electrons. The zero-order valence-electron chi connectivity index (χ0n) is 14.3. The van der Waals surface area contributed by atoms with E-state index in [-0.39, 0.29) is 11.9 Å². The molecular weight excluding hydrogens is 300 g/mol. The molecule has 1 N–H and O–H groups in total. The van der Waals surface area contributed by atoms with Gasteiger partial charge in [-0.3, -0.25) is 4.79 Å². The number of benzene rings is 1. The summed E-state index contributed by atoms with van der Waals surface area (Å²) in [5.41, 5.74) is 1.28. The minimum atomic E-state index is -0.0997. The van der Waals surface area contributed by atoms with Crippen molar-refractivity contribution in [1.82, 2.24) is 20.1 Å². The predicted octanol–water partition coefficient (Wildman–Crippen LogP) is 3.59. The van der Waals surface area contributed by atoms with Crippen molar-refractivity contribution in [2.45, 2.75) is 64.0 Å². The molecule has 0 bridgehead atoms. The van der Waals surface area contributed by atoms with Gasteiger partial charge in [-0.2, -0.15) is 0 Å². The molecule has 1 unspecified atom stereocenters. The van der Waals surface area contributed by atoms with Crippen molar-refractivity contribution in [2.75, 3.05) is 0 Å². The Morgan fingerprint density at radius 1 is 1.29 bits per heavy atom. The molecule has 3 rings (SSSR count). The second kappa shape index (κ2) is 8.08. The minimum Gasteiger partial charge on any atom is -0.346 e. The summed E-state index contributed by atoms with van der Waals surface area (Å²) >= 11 is 0. The molecule has 1 saturated carbocycles. The van der Waals surface area contributed by atoms with E-state index in [1.54, 1.807) is 0 Å². The first-order chi connectivity index (χ1) is 11.7. The van der Waals surface area contributed by atoms with Crippen LogP contribution in [0.15, 0.2) is 36.7 Å². The van der Waals surface area contributed by atoms with Crippen molar-refractivity contribution >= 4 is 5.91 Å². The lowest BCUT2D eigenvalue weighted by atomic mass is 10.1. The number of aromatic nitrogens is 3. The molecule has 0 aliphatic heterocycles. The van der Waals surface area contributed by atoms with Gasteiger partial charge in [0.2, 0.25) is 5.91 Å². The number of aryl methyl sites for hydroxylation is 1. The lowest BCUT2D eigenvalue weighted by Crippen LogP contribution is -2.29. The molecule has 0 spiro atoms. The Hall–Kier alpha value is -2.17. The second-order valence-corrected chi connectivity index (χ2v) is 6.66. The van der Waals surface area contributed by atoms with Gasteiger partial charge in [0.05, 0.1) is 6.04 Å².